The average molecular weight is 441 g/mol. The Morgan fingerprint density at radius 3 is 2.78 bits per heavy atom. The van der Waals surface area contributed by atoms with Crippen molar-refractivity contribution in [2.24, 2.45) is 13.0 Å². The molecule has 1 saturated heterocycles. The van der Waals surface area contributed by atoms with Crippen molar-refractivity contribution >= 4 is 5.91 Å². The largest absolute Gasteiger partial charge is 0.491 e. The average Bonchev–Trinajstić information content (AvgIpc) is 3.13. The lowest BCUT2D eigenvalue weighted by molar-refractivity contribution is -0.00702. The molecule has 1 fully saturated rings. The topological polar surface area (TPSA) is 59.8 Å². The van der Waals surface area contributed by atoms with Gasteiger partial charge in [0.25, 0.3) is 5.91 Å². The van der Waals surface area contributed by atoms with Crippen LogP contribution in [0.3, 0.4) is 0 Å². The number of ether oxygens (including phenoxy) is 2. The van der Waals surface area contributed by atoms with Crippen LogP contribution >= 0.6 is 0 Å². The highest BCUT2D eigenvalue weighted by atomic mass is 16.5. The molecule has 2 aliphatic rings. The molecule has 0 N–H and O–H groups in total. The molecule has 7 nitrogen and oxygen atoms in total. The van der Waals surface area contributed by atoms with Gasteiger partial charge in [-0.15, -0.1) is 0 Å². The first kappa shape index (κ1) is 22.8. The lowest BCUT2D eigenvalue weighted by Crippen LogP contribution is -2.46. The van der Waals surface area contributed by atoms with Crippen molar-refractivity contribution in [3.05, 3.63) is 47.3 Å². The third-order valence-corrected chi connectivity index (χ3v) is 7.07. The molecule has 2 aromatic rings. The van der Waals surface area contributed by atoms with E-state index in [2.05, 4.69) is 16.9 Å². The summed E-state index contributed by atoms with van der Waals surface area (Å²) < 4.78 is 13.9. The first-order chi connectivity index (χ1) is 15.6. The molecule has 0 radical (unpaired) electrons. The Hall–Kier alpha value is -2.38. The summed E-state index contributed by atoms with van der Waals surface area (Å²) in [7, 11) is 3.78. The number of fused-ring (bicyclic) bond motifs is 3. The zero-order valence-corrected chi connectivity index (χ0v) is 19.6. The standard InChI is InChI=1S/C25H36N4O3/c1-19-21(16-26-27(19)2)17-28-12-7-6-8-20-18-29(13-11-23(20)31-3)25(30)22-9-4-5-10-24(22)32-15-14-28/h4-5,9-10,16,20,23H,6-8,11-15,17-18H2,1-3H3/t20-,23+/m1/s1. The molecule has 2 bridgehead atoms. The van der Waals surface area contributed by atoms with Crippen LogP contribution in [0.2, 0.25) is 0 Å². The number of aryl methyl sites for hydroxylation is 1. The number of hydrogen-bond acceptors (Lipinski definition) is 5. The van der Waals surface area contributed by atoms with Crippen LogP contribution in [0.15, 0.2) is 30.5 Å². The zero-order chi connectivity index (χ0) is 22.5. The van der Waals surface area contributed by atoms with Crippen LogP contribution in [0.4, 0.5) is 0 Å². The number of piperidine rings is 1. The second kappa shape index (κ2) is 10.5. The SMILES string of the molecule is CO[C@H]1CCN2C[C@H]1CCCCN(Cc1cnn(C)c1C)CCOc1ccccc1C2=O. The lowest BCUT2D eigenvalue weighted by Gasteiger charge is -2.38. The molecule has 0 aliphatic carbocycles. The molecule has 174 valence electrons. The molecule has 1 amide bonds. The molecule has 0 saturated carbocycles. The summed E-state index contributed by atoms with van der Waals surface area (Å²) in [5, 5.41) is 4.40. The molecule has 1 aromatic heterocycles. The fourth-order valence-corrected chi connectivity index (χ4v) is 4.96. The Morgan fingerprint density at radius 2 is 2.00 bits per heavy atom. The Morgan fingerprint density at radius 1 is 1.16 bits per heavy atom. The van der Waals surface area contributed by atoms with E-state index < -0.39 is 0 Å². The van der Waals surface area contributed by atoms with Crippen LogP contribution in [-0.4, -0.2) is 71.5 Å². The number of para-hydroxylation sites is 1. The number of nitrogens with zero attached hydrogens (tertiary/aromatic N) is 4. The van der Waals surface area contributed by atoms with Gasteiger partial charge in [-0.3, -0.25) is 14.4 Å². The second-order valence-electron chi connectivity index (χ2n) is 9.07. The van der Waals surface area contributed by atoms with Gasteiger partial charge >= 0.3 is 0 Å². The van der Waals surface area contributed by atoms with Gasteiger partial charge in [-0.05, 0) is 44.9 Å². The number of methoxy groups -OCH3 is 1. The number of hydrogen-bond donors (Lipinski definition) is 0. The molecule has 3 heterocycles. The van der Waals surface area contributed by atoms with E-state index in [0.717, 1.165) is 58.4 Å². The fraction of sp³-hybridized carbons (Fsp3) is 0.600. The van der Waals surface area contributed by atoms with Crippen molar-refractivity contribution in [2.75, 3.05) is 39.9 Å². The number of aromatic nitrogens is 2. The monoisotopic (exact) mass is 440 g/mol. The summed E-state index contributed by atoms with van der Waals surface area (Å²) in [5.41, 5.74) is 3.12. The molecule has 2 atom stereocenters. The molecular formula is C25H36N4O3. The minimum Gasteiger partial charge on any atom is -0.491 e. The molecule has 7 heteroatoms. The summed E-state index contributed by atoms with van der Waals surface area (Å²) in [6, 6.07) is 7.65. The number of carbonyl (C=O) groups excluding carboxylic acids is 1. The Kier molecular flexibility index (Phi) is 7.48. The van der Waals surface area contributed by atoms with Gasteiger partial charge in [0, 0.05) is 57.5 Å². The predicted molar refractivity (Wildman–Crippen MR) is 124 cm³/mol. The van der Waals surface area contributed by atoms with E-state index in [1.807, 2.05) is 47.1 Å². The van der Waals surface area contributed by atoms with Crippen molar-refractivity contribution in [1.29, 1.82) is 0 Å². The van der Waals surface area contributed by atoms with Crippen LogP contribution in [0, 0.1) is 12.8 Å². The Bertz CT molecular complexity index is 912. The van der Waals surface area contributed by atoms with Crippen molar-refractivity contribution in [3.63, 3.8) is 0 Å². The quantitative estimate of drug-likeness (QED) is 0.733. The van der Waals surface area contributed by atoms with Crippen molar-refractivity contribution < 1.29 is 14.3 Å². The smallest absolute Gasteiger partial charge is 0.257 e. The number of rotatable bonds is 3. The molecule has 4 rings (SSSR count). The highest BCUT2D eigenvalue weighted by Gasteiger charge is 2.32. The molecular weight excluding hydrogens is 404 g/mol. The van der Waals surface area contributed by atoms with E-state index in [1.165, 1.54) is 11.3 Å². The van der Waals surface area contributed by atoms with Gasteiger partial charge in [-0.25, -0.2) is 0 Å². The molecule has 0 spiro atoms. The van der Waals surface area contributed by atoms with E-state index in [0.29, 0.717) is 23.8 Å². The van der Waals surface area contributed by atoms with E-state index in [4.69, 9.17) is 9.47 Å². The van der Waals surface area contributed by atoms with Gasteiger partial charge in [-0.2, -0.15) is 5.10 Å². The molecule has 0 unspecified atom stereocenters. The first-order valence-corrected chi connectivity index (χ1v) is 11.8. The highest BCUT2D eigenvalue weighted by Crippen LogP contribution is 2.28. The summed E-state index contributed by atoms with van der Waals surface area (Å²) in [6.07, 6.45) is 6.42. The van der Waals surface area contributed by atoms with Gasteiger partial charge in [0.1, 0.15) is 12.4 Å². The molecule has 2 aliphatic heterocycles. The lowest BCUT2D eigenvalue weighted by atomic mass is 9.89. The maximum absolute atomic E-state index is 13.3. The zero-order valence-electron chi connectivity index (χ0n) is 19.6. The fourth-order valence-electron chi connectivity index (χ4n) is 4.96. The number of benzene rings is 1. The predicted octanol–water partition coefficient (Wildman–Crippen LogP) is 3.27. The third-order valence-electron chi connectivity index (χ3n) is 7.07. The third kappa shape index (κ3) is 5.15. The van der Waals surface area contributed by atoms with Crippen LogP contribution in [0.5, 0.6) is 5.75 Å². The Balaban J connectivity index is 1.53. The molecule has 32 heavy (non-hydrogen) atoms. The van der Waals surface area contributed by atoms with Crippen LogP contribution in [0.25, 0.3) is 0 Å². The van der Waals surface area contributed by atoms with E-state index >= 15 is 0 Å². The first-order valence-electron chi connectivity index (χ1n) is 11.8. The van der Waals surface area contributed by atoms with Crippen LogP contribution in [-0.2, 0) is 18.3 Å². The molecule has 1 aromatic carbocycles. The van der Waals surface area contributed by atoms with Crippen molar-refractivity contribution in [1.82, 2.24) is 19.6 Å². The summed E-state index contributed by atoms with van der Waals surface area (Å²) >= 11 is 0. The van der Waals surface area contributed by atoms with E-state index in [1.54, 1.807) is 7.11 Å². The van der Waals surface area contributed by atoms with Crippen molar-refractivity contribution in [2.45, 2.75) is 45.3 Å². The van der Waals surface area contributed by atoms with Gasteiger partial charge in [0.2, 0.25) is 0 Å². The van der Waals surface area contributed by atoms with Crippen LogP contribution < -0.4 is 4.74 Å². The summed E-state index contributed by atoms with van der Waals surface area (Å²) in [5.74, 6) is 1.13. The van der Waals surface area contributed by atoms with Gasteiger partial charge < -0.3 is 14.4 Å². The van der Waals surface area contributed by atoms with Gasteiger partial charge in [0.05, 0.1) is 17.9 Å². The number of carbonyl (C=O) groups is 1. The van der Waals surface area contributed by atoms with E-state index in [9.17, 15) is 4.79 Å². The summed E-state index contributed by atoms with van der Waals surface area (Å²) in [4.78, 5) is 17.8. The van der Waals surface area contributed by atoms with Gasteiger partial charge in [0.15, 0.2) is 0 Å². The highest BCUT2D eigenvalue weighted by molar-refractivity contribution is 5.97. The maximum Gasteiger partial charge on any atom is 0.257 e. The van der Waals surface area contributed by atoms with Gasteiger partial charge in [-0.1, -0.05) is 18.6 Å². The van der Waals surface area contributed by atoms with Crippen molar-refractivity contribution in [3.8, 4) is 5.75 Å². The summed E-state index contributed by atoms with van der Waals surface area (Å²) in [6.45, 7) is 6.85. The van der Waals surface area contributed by atoms with Crippen LogP contribution in [0.1, 0.15) is 47.3 Å². The minimum atomic E-state index is 0.0695. The minimum absolute atomic E-state index is 0.0695. The maximum atomic E-state index is 13.3. The number of amides is 1. The Labute approximate surface area is 191 Å². The normalized spacial score (nSPS) is 23.3. The van der Waals surface area contributed by atoms with E-state index in [-0.39, 0.29) is 12.0 Å². The second-order valence-corrected chi connectivity index (χ2v) is 9.07.